The van der Waals surface area contributed by atoms with Crippen molar-refractivity contribution in [2.75, 3.05) is 31.1 Å². The summed E-state index contributed by atoms with van der Waals surface area (Å²) in [5, 5.41) is 5.23. The minimum Gasteiger partial charge on any atom is -0.358 e. The summed E-state index contributed by atoms with van der Waals surface area (Å²) >= 11 is 1.94. The van der Waals surface area contributed by atoms with E-state index in [2.05, 4.69) is 20.4 Å². The molecule has 0 radical (unpaired) electrons. The topological polar surface area (TPSA) is 60.5 Å². The van der Waals surface area contributed by atoms with Crippen LogP contribution in [0.4, 0.5) is 0 Å². The number of para-hydroxylation sites is 1. The second-order valence-electron chi connectivity index (χ2n) is 5.39. The highest BCUT2D eigenvalue weighted by Crippen LogP contribution is 2.19. The van der Waals surface area contributed by atoms with Gasteiger partial charge in [0.2, 0.25) is 0 Å². The van der Waals surface area contributed by atoms with E-state index in [0.29, 0.717) is 6.54 Å². The van der Waals surface area contributed by atoms with Crippen LogP contribution in [0.15, 0.2) is 29.4 Å². The summed E-state index contributed by atoms with van der Waals surface area (Å²) in [5.41, 5.74) is 5.78. The molecule has 0 bridgehead atoms. The molecule has 2 aromatic rings. The van der Waals surface area contributed by atoms with E-state index in [1.807, 2.05) is 43.0 Å². The molecule has 1 aromatic heterocycles. The van der Waals surface area contributed by atoms with Crippen LogP contribution in [-0.2, 0) is 4.79 Å². The van der Waals surface area contributed by atoms with Gasteiger partial charge in [-0.25, -0.2) is 5.43 Å². The zero-order valence-electron chi connectivity index (χ0n) is 12.6. The number of amides is 1. The van der Waals surface area contributed by atoms with E-state index in [9.17, 15) is 4.79 Å². The molecule has 116 valence electrons. The summed E-state index contributed by atoms with van der Waals surface area (Å²) in [6.45, 7) is 4.38. The van der Waals surface area contributed by atoms with Gasteiger partial charge in [0, 0.05) is 46.8 Å². The molecule has 1 aliphatic heterocycles. The number of benzene rings is 1. The maximum absolute atomic E-state index is 11.9. The summed E-state index contributed by atoms with van der Waals surface area (Å²) in [5.74, 6) is 2.15. The van der Waals surface area contributed by atoms with E-state index >= 15 is 0 Å². The fraction of sp³-hybridized carbons (Fsp3) is 0.375. The Labute approximate surface area is 134 Å². The van der Waals surface area contributed by atoms with E-state index in [1.54, 1.807) is 6.21 Å². The molecule has 1 fully saturated rings. The molecule has 3 rings (SSSR count). The van der Waals surface area contributed by atoms with Gasteiger partial charge in [-0.05, 0) is 13.0 Å². The predicted molar refractivity (Wildman–Crippen MR) is 92.5 cm³/mol. The Morgan fingerprint density at radius 2 is 2.18 bits per heavy atom. The number of nitrogens with zero attached hydrogens (tertiary/aromatic N) is 2. The molecule has 1 aliphatic rings. The van der Waals surface area contributed by atoms with Crippen LogP contribution < -0.4 is 5.43 Å². The van der Waals surface area contributed by atoms with Crippen molar-refractivity contribution in [3.8, 4) is 0 Å². The number of rotatable bonds is 4. The quantitative estimate of drug-likeness (QED) is 0.670. The standard InChI is InChI=1S/C16H20N4OS/c1-12-14(13-4-2-3-5-15(13)18-12)10-17-19-16(21)11-20-6-8-22-9-7-20/h2-5,10,18H,6-9,11H2,1H3,(H,19,21). The van der Waals surface area contributed by atoms with E-state index in [4.69, 9.17) is 0 Å². The van der Waals surface area contributed by atoms with E-state index < -0.39 is 0 Å². The van der Waals surface area contributed by atoms with Crippen molar-refractivity contribution in [3.63, 3.8) is 0 Å². The van der Waals surface area contributed by atoms with Crippen molar-refractivity contribution < 1.29 is 4.79 Å². The third-order valence-corrected chi connectivity index (χ3v) is 4.74. The number of thioether (sulfide) groups is 1. The zero-order chi connectivity index (χ0) is 15.4. The zero-order valence-corrected chi connectivity index (χ0v) is 13.4. The number of nitrogens with one attached hydrogen (secondary N) is 2. The van der Waals surface area contributed by atoms with Crippen molar-refractivity contribution in [3.05, 3.63) is 35.5 Å². The van der Waals surface area contributed by atoms with Gasteiger partial charge in [-0.3, -0.25) is 9.69 Å². The minimum absolute atomic E-state index is 0.0550. The number of H-pyrrole nitrogens is 1. The first-order valence-electron chi connectivity index (χ1n) is 7.43. The molecule has 0 spiro atoms. The monoisotopic (exact) mass is 316 g/mol. The third-order valence-electron chi connectivity index (χ3n) is 3.80. The van der Waals surface area contributed by atoms with Crippen molar-refractivity contribution in [2.24, 2.45) is 5.10 Å². The molecule has 1 amide bonds. The lowest BCUT2D eigenvalue weighted by Crippen LogP contribution is -2.40. The molecule has 0 unspecified atom stereocenters. The van der Waals surface area contributed by atoms with Crippen molar-refractivity contribution in [2.45, 2.75) is 6.92 Å². The second-order valence-corrected chi connectivity index (χ2v) is 6.62. The molecular weight excluding hydrogens is 296 g/mol. The Morgan fingerprint density at radius 1 is 1.41 bits per heavy atom. The maximum atomic E-state index is 11.9. The molecule has 0 saturated carbocycles. The highest BCUT2D eigenvalue weighted by Gasteiger charge is 2.13. The number of carbonyl (C=O) groups is 1. The number of aromatic nitrogens is 1. The lowest BCUT2D eigenvalue weighted by molar-refractivity contribution is -0.122. The number of carbonyl (C=O) groups excluding carboxylic acids is 1. The Hall–Kier alpha value is -1.79. The minimum atomic E-state index is -0.0550. The van der Waals surface area contributed by atoms with Gasteiger partial charge < -0.3 is 4.98 Å². The lowest BCUT2D eigenvalue weighted by atomic mass is 10.1. The average molecular weight is 316 g/mol. The van der Waals surface area contributed by atoms with Crippen molar-refractivity contribution in [1.82, 2.24) is 15.3 Å². The summed E-state index contributed by atoms with van der Waals surface area (Å²) in [6, 6.07) is 8.08. The van der Waals surface area contributed by atoms with Crippen molar-refractivity contribution in [1.29, 1.82) is 0 Å². The highest BCUT2D eigenvalue weighted by molar-refractivity contribution is 7.99. The summed E-state index contributed by atoms with van der Waals surface area (Å²) in [6.07, 6.45) is 1.72. The number of aromatic amines is 1. The first kappa shape index (κ1) is 15.1. The van der Waals surface area contributed by atoms with E-state index in [-0.39, 0.29) is 5.91 Å². The maximum Gasteiger partial charge on any atom is 0.254 e. The van der Waals surface area contributed by atoms with Gasteiger partial charge in [0.15, 0.2) is 0 Å². The van der Waals surface area contributed by atoms with Gasteiger partial charge in [0.05, 0.1) is 12.8 Å². The molecule has 0 aliphatic carbocycles. The second kappa shape index (κ2) is 6.98. The van der Waals surface area contributed by atoms with Crippen LogP contribution in [0, 0.1) is 6.92 Å². The van der Waals surface area contributed by atoms with Gasteiger partial charge >= 0.3 is 0 Å². The molecule has 22 heavy (non-hydrogen) atoms. The number of hydrogen-bond donors (Lipinski definition) is 2. The van der Waals surface area contributed by atoms with Crippen LogP contribution >= 0.6 is 11.8 Å². The van der Waals surface area contributed by atoms with Crippen LogP contribution in [0.25, 0.3) is 10.9 Å². The van der Waals surface area contributed by atoms with Crippen LogP contribution in [0.1, 0.15) is 11.3 Å². The largest absolute Gasteiger partial charge is 0.358 e. The molecule has 0 atom stereocenters. The number of fused-ring (bicyclic) bond motifs is 1. The summed E-state index contributed by atoms with van der Waals surface area (Å²) in [4.78, 5) is 17.4. The first-order chi connectivity index (χ1) is 10.7. The van der Waals surface area contributed by atoms with Crippen LogP contribution in [0.2, 0.25) is 0 Å². The van der Waals surface area contributed by atoms with Crippen molar-refractivity contribution >= 4 is 34.8 Å². The fourth-order valence-electron chi connectivity index (χ4n) is 2.63. The molecule has 2 heterocycles. The van der Waals surface area contributed by atoms with Gasteiger partial charge in [-0.2, -0.15) is 16.9 Å². The van der Waals surface area contributed by atoms with Gasteiger partial charge in [-0.1, -0.05) is 18.2 Å². The van der Waals surface area contributed by atoms with Crippen LogP contribution in [-0.4, -0.2) is 53.1 Å². The Balaban J connectivity index is 1.61. The fourth-order valence-corrected chi connectivity index (χ4v) is 3.61. The van der Waals surface area contributed by atoms with Crippen LogP contribution in [0.3, 0.4) is 0 Å². The molecular formula is C16H20N4OS. The lowest BCUT2D eigenvalue weighted by Gasteiger charge is -2.24. The SMILES string of the molecule is Cc1[nH]c2ccccc2c1C=NNC(=O)CN1CCSCC1. The molecule has 1 aromatic carbocycles. The number of hydrogen-bond acceptors (Lipinski definition) is 4. The Morgan fingerprint density at radius 3 is 3.00 bits per heavy atom. The van der Waals surface area contributed by atoms with Gasteiger partial charge in [0.1, 0.15) is 0 Å². The summed E-state index contributed by atoms with van der Waals surface area (Å²) < 4.78 is 0. The first-order valence-corrected chi connectivity index (χ1v) is 8.59. The molecule has 1 saturated heterocycles. The Bertz CT molecular complexity index is 689. The highest BCUT2D eigenvalue weighted by atomic mass is 32.2. The normalized spacial score (nSPS) is 16.4. The average Bonchev–Trinajstić information content (AvgIpc) is 2.84. The van der Waals surface area contributed by atoms with E-state index in [1.165, 1.54) is 0 Å². The molecule has 2 N–H and O–H groups in total. The predicted octanol–water partition coefficient (Wildman–Crippen LogP) is 1.98. The van der Waals surface area contributed by atoms with E-state index in [0.717, 1.165) is 46.8 Å². The third kappa shape index (κ3) is 3.51. The van der Waals surface area contributed by atoms with Gasteiger partial charge in [0.25, 0.3) is 5.91 Å². The number of aryl methyl sites for hydroxylation is 1. The smallest absolute Gasteiger partial charge is 0.254 e. The molecule has 6 heteroatoms. The van der Waals surface area contributed by atoms with Crippen LogP contribution in [0.5, 0.6) is 0 Å². The number of hydrazone groups is 1. The van der Waals surface area contributed by atoms with Gasteiger partial charge in [-0.15, -0.1) is 0 Å². The molecule has 5 nitrogen and oxygen atoms in total. The summed E-state index contributed by atoms with van der Waals surface area (Å²) in [7, 11) is 0. The Kier molecular flexibility index (Phi) is 4.80.